The lowest BCUT2D eigenvalue weighted by Gasteiger charge is -2.41. The Labute approximate surface area is 317 Å². The lowest BCUT2D eigenvalue weighted by molar-refractivity contribution is -0.136. The number of hydrogen-bond donors (Lipinski definition) is 3. The zero-order valence-corrected chi connectivity index (χ0v) is 31.1. The van der Waals surface area contributed by atoms with Gasteiger partial charge in [0.25, 0.3) is 11.8 Å². The Kier molecular flexibility index (Phi) is 8.56. The highest BCUT2D eigenvalue weighted by Crippen LogP contribution is 2.34. The third kappa shape index (κ3) is 6.25. The summed E-state index contributed by atoms with van der Waals surface area (Å²) in [6, 6.07) is 17.5. The van der Waals surface area contributed by atoms with Crippen LogP contribution >= 0.6 is 0 Å². The molecule has 5 aromatic rings. The number of piperidine rings is 2. The molecule has 9 rings (SSSR count). The molecule has 14 nitrogen and oxygen atoms in total. The van der Waals surface area contributed by atoms with E-state index in [2.05, 4.69) is 74.9 Å². The fraction of sp³-hybridized carbons (Fsp3) is 0.341. The fourth-order valence-corrected chi connectivity index (χ4v) is 8.56. The van der Waals surface area contributed by atoms with Gasteiger partial charge in [-0.2, -0.15) is 10.1 Å². The van der Waals surface area contributed by atoms with Crippen molar-refractivity contribution in [2.45, 2.75) is 64.6 Å². The van der Waals surface area contributed by atoms with E-state index in [1.807, 2.05) is 25.4 Å². The molecule has 6 heterocycles. The summed E-state index contributed by atoms with van der Waals surface area (Å²) in [7, 11) is 1.89. The van der Waals surface area contributed by atoms with Crippen molar-refractivity contribution in [2.24, 2.45) is 7.05 Å². The van der Waals surface area contributed by atoms with E-state index in [1.165, 1.54) is 11.1 Å². The summed E-state index contributed by atoms with van der Waals surface area (Å²) in [4.78, 5) is 66.0. The SMILES string of the molecule is Cc1cccc(C)c1Nc1nn(C)c2nc(Nc3ccc4c(c3)CN(C3CCN(c5ccc6c(c5)C(=O)N(C5CCC(=O)NC5=O)C6=O)CC3)CC4)ncc12. The van der Waals surface area contributed by atoms with Gasteiger partial charge in [-0.15, -0.1) is 0 Å². The standard InChI is InChI=1S/C41H42N10O4/c1-23-5-4-6-24(2)35(23)45-36-32-21-42-41(46-37(32)48(3)47-36)43-27-8-7-25-13-16-50(22-26(25)19-27)28-14-17-49(18-15-28)29-9-10-30-31(20-29)40(55)51(39(30)54)33-11-12-34(52)44-38(33)53/h4-10,19-21,28,33H,11-18,22H2,1-3H3,(H,45,47)(H,42,43,46)(H,44,52,53). The van der Waals surface area contributed by atoms with Crippen LogP contribution in [0.15, 0.2) is 60.8 Å². The molecule has 0 spiro atoms. The molecule has 3 aromatic carbocycles. The minimum absolute atomic E-state index is 0.0949. The van der Waals surface area contributed by atoms with Crippen LogP contribution in [0.2, 0.25) is 0 Å². The third-order valence-electron chi connectivity index (χ3n) is 11.6. The van der Waals surface area contributed by atoms with Crippen LogP contribution in [0.1, 0.15) is 68.7 Å². The van der Waals surface area contributed by atoms with Gasteiger partial charge in [0.1, 0.15) is 6.04 Å². The number of nitrogens with zero attached hydrogens (tertiary/aromatic N) is 7. The summed E-state index contributed by atoms with van der Waals surface area (Å²) in [6.07, 6.45) is 4.97. The number of anilines is 5. The van der Waals surface area contributed by atoms with Gasteiger partial charge in [0.2, 0.25) is 17.8 Å². The molecule has 3 N–H and O–H groups in total. The highest BCUT2D eigenvalue weighted by atomic mass is 16.2. The number of para-hydroxylation sites is 1. The third-order valence-corrected chi connectivity index (χ3v) is 11.6. The molecule has 4 aliphatic rings. The van der Waals surface area contributed by atoms with Crippen molar-refractivity contribution in [2.75, 3.05) is 35.2 Å². The van der Waals surface area contributed by atoms with E-state index < -0.39 is 23.8 Å². The maximum atomic E-state index is 13.4. The van der Waals surface area contributed by atoms with Crippen LogP contribution in [0, 0.1) is 13.8 Å². The normalized spacial score (nSPS) is 19.1. The second-order valence-electron chi connectivity index (χ2n) is 15.0. The number of aromatic nitrogens is 4. The van der Waals surface area contributed by atoms with Crippen molar-refractivity contribution in [1.82, 2.24) is 34.9 Å². The predicted molar refractivity (Wildman–Crippen MR) is 208 cm³/mol. The van der Waals surface area contributed by atoms with Gasteiger partial charge in [-0.3, -0.25) is 34.3 Å². The summed E-state index contributed by atoms with van der Waals surface area (Å²) in [5, 5.41) is 14.7. The van der Waals surface area contributed by atoms with E-state index in [0.29, 0.717) is 23.1 Å². The molecule has 14 heteroatoms. The number of amides is 4. The first-order valence-electron chi connectivity index (χ1n) is 18.9. The number of carbonyl (C=O) groups is 4. The molecule has 0 bridgehead atoms. The minimum Gasteiger partial charge on any atom is -0.371 e. The van der Waals surface area contributed by atoms with Gasteiger partial charge in [0.15, 0.2) is 11.5 Å². The maximum absolute atomic E-state index is 13.4. The van der Waals surface area contributed by atoms with E-state index in [1.54, 1.807) is 16.8 Å². The molecular weight excluding hydrogens is 697 g/mol. The van der Waals surface area contributed by atoms with Crippen molar-refractivity contribution >= 4 is 63.5 Å². The molecule has 1 atom stereocenters. The number of carbonyl (C=O) groups excluding carboxylic acids is 4. The molecule has 2 aromatic heterocycles. The fourth-order valence-electron chi connectivity index (χ4n) is 8.56. The lowest BCUT2D eigenvalue weighted by Crippen LogP contribution is -2.54. The van der Waals surface area contributed by atoms with Crippen LogP contribution in [-0.2, 0) is 29.6 Å². The summed E-state index contributed by atoms with van der Waals surface area (Å²) in [5.41, 5.74) is 9.15. The van der Waals surface area contributed by atoms with E-state index in [0.717, 1.165) is 95.4 Å². The first kappa shape index (κ1) is 34.6. The van der Waals surface area contributed by atoms with Gasteiger partial charge in [0.05, 0.1) is 16.5 Å². The van der Waals surface area contributed by atoms with E-state index in [4.69, 9.17) is 10.1 Å². The van der Waals surface area contributed by atoms with Gasteiger partial charge >= 0.3 is 0 Å². The highest BCUT2D eigenvalue weighted by molar-refractivity contribution is 6.23. The Bertz CT molecular complexity index is 2400. The van der Waals surface area contributed by atoms with Crippen molar-refractivity contribution in [1.29, 1.82) is 0 Å². The number of fused-ring (bicyclic) bond motifs is 3. The second kappa shape index (κ2) is 13.6. The summed E-state index contributed by atoms with van der Waals surface area (Å²) >= 11 is 0. The van der Waals surface area contributed by atoms with Gasteiger partial charge < -0.3 is 15.5 Å². The molecule has 4 amide bonds. The van der Waals surface area contributed by atoms with Crippen LogP contribution in [0.4, 0.5) is 28.8 Å². The van der Waals surface area contributed by atoms with Crippen LogP contribution in [0.3, 0.4) is 0 Å². The Morgan fingerprint density at radius 3 is 2.38 bits per heavy atom. The summed E-state index contributed by atoms with van der Waals surface area (Å²) in [6.45, 7) is 7.65. The number of hydrogen-bond acceptors (Lipinski definition) is 11. The number of nitrogens with one attached hydrogen (secondary N) is 3. The monoisotopic (exact) mass is 738 g/mol. The van der Waals surface area contributed by atoms with Crippen molar-refractivity contribution in [3.63, 3.8) is 0 Å². The molecule has 2 saturated heterocycles. The summed E-state index contributed by atoms with van der Waals surface area (Å²) in [5.74, 6) is -0.725. The average molecular weight is 739 g/mol. The zero-order valence-electron chi connectivity index (χ0n) is 31.1. The van der Waals surface area contributed by atoms with Crippen molar-refractivity contribution in [3.05, 3.63) is 94.2 Å². The Hall–Kier alpha value is -6.15. The van der Waals surface area contributed by atoms with Crippen LogP contribution in [0.25, 0.3) is 11.0 Å². The number of imide groups is 2. The van der Waals surface area contributed by atoms with Gasteiger partial charge in [-0.1, -0.05) is 24.3 Å². The highest BCUT2D eigenvalue weighted by Gasteiger charge is 2.45. The molecule has 55 heavy (non-hydrogen) atoms. The largest absolute Gasteiger partial charge is 0.371 e. The molecule has 4 aliphatic heterocycles. The van der Waals surface area contributed by atoms with Crippen molar-refractivity contribution in [3.8, 4) is 0 Å². The molecule has 0 aliphatic carbocycles. The quantitative estimate of drug-likeness (QED) is 0.195. The van der Waals surface area contributed by atoms with E-state index in [-0.39, 0.29) is 18.7 Å². The molecule has 0 saturated carbocycles. The Morgan fingerprint density at radius 2 is 1.60 bits per heavy atom. The first-order valence-corrected chi connectivity index (χ1v) is 18.9. The Morgan fingerprint density at radius 1 is 0.818 bits per heavy atom. The molecule has 280 valence electrons. The lowest BCUT2D eigenvalue weighted by atomic mass is 9.94. The Balaban J connectivity index is 0.839. The summed E-state index contributed by atoms with van der Waals surface area (Å²) < 4.78 is 1.77. The number of aryl methyl sites for hydroxylation is 3. The van der Waals surface area contributed by atoms with Crippen LogP contribution in [-0.4, -0.2) is 84.9 Å². The van der Waals surface area contributed by atoms with E-state index in [9.17, 15) is 19.2 Å². The molecule has 0 radical (unpaired) electrons. The first-order chi connectivity index (χ1) is 26.6. The van der Waals surface area contributed by atoms with Crippen molar-refractivity contribution < 1.29 is 19.2 Å². The molecular formula is C41H42N10O4. The van der Waals surface area contributed by atoms with E-state index >= 15 is 0 Å². The van der Waals surface area contributed by atoms with Gasteiger partial charge in [-0.05, 0) is 92.1 Å². The number of rotatable bonds is 7. The second-order valence-corrected chi connectivity index (χ2v) is 15.0. The van der Waals surface area contributed by atoms with Gasteiger partial charge in [0, 0.05) is 68.9 Å². The smallest absolute Gasteiger partial charge is 0.262 e. The molecule has 2 fully saturated rings. The topological polar surface area (TPSA) is 158 Å². The molecule has 1 unspecified atom stereocenters. The predicted octanol–water partition coefficient (Wildman–Crippen LogP) is 4.90. The van der Waals surface area contributed by atoms with Gasteiger partial charge in [-0.25, -0.2) is 9.67 Å². The van der Waals surface area contributed by atoms with Crippen LogP contribution in [0.5, 0.6) is 0 Å². The number of benzene rings is 3. The average Bonchev–Trinajstić information content (AvgIpc) is 3.63. The minimum atomic E-state index is -0.971. The maximum Gasteiger partial charge on any atom is 0.262 e. The van der Waals surface area contributed by atoms with Crippen LogP contribution < -0.4 is 20.9 Å². The zero-order chi connectivity index (χ0) is 38.0.